The van der Waals surface area contributed by atoms with Crippen LogP contribution in [0.2, 0.25) is 0 Å². The van der Waals surface area contributed by atoms with Gasteiger partial charge in [0.15, 0.2) is 9.84 Å². The molecule has 0 radical (unpaired) electrons. The first kappa shape index (κ1) is 14.2. The number of thiazole rings is 1. The average Bonchev–Trinajstić information content (AvgIpc) is 2.75. The Morgan fingerprint density at radius 3 is 2.42 bits per heavy atom. The Labute approximate surface area is 117 Å². The number of hydrogen-bond acceptors (Lipinski definition) is 5. The van der Waals surface area contributed by atoms with Gasteiger partial charge in [-0.2, -0.15) is 0 Å². The van der Waals surface area contributed by atoms with Gasteiger partial charge in [-0.25, -0.2) is 13.4 Å². The Morgan fingerprint density at radius 1 is 1.21 bits per heavy atom. The van der Waals surface area contributed by atoms with E-state index in [-0.39, 0.29) is 0 Å². The third kappa shape index (κ3) is 4.12. The number of sulfone groups is 1. The zero-order valence-corrected chi connectivity index (χ0v) is 12.5. The lowest BCUT2D eigenvalue weighted by Crippen LogP contribution is -2.12. The maximum Gasteiger partial charge on any atom is 0.175 e. The van der Waals surface area contributed by atoms with Gasteiger partial charge in [-0.05, 0) is 24.6 Å². The molecule has 19 heavy (non-hydrogen) atoms. The summed E-state index contributed by atoms with van der Waals surface area (Å²) in [5.74, 6) is 0. The fraction of sp³-hybridized carbons (Fsp3) is 0.308. The van der Waals surface area contributed by atoms with E-state index < -0.39 is 9.84 Å². The maximum absolute atomic E-state index is 11.3. The lowest BCUT2D eigenvalue weighted by atomic mass is 10.2. The number of benzene rings is 1. The second kappa shape index (κ2) is 5.81. The Morgan fingerprint density at radius 2 is 1.89 bits per heavy atom. The first-order valence-corrected chi connectivity index (χ1v) is 8.63. The molecule has 6 heteroatoms. The zero-order valence-electron chi connectivity index (χ0n) is 10.9. The van der Waals surface area contributed by atoms with Crippen LogP contribution in [0.3, 0.4) is 0 Å². The van der Waals surface area contributed by atoms with E-state index in [0.717, 1.165) is 22.8 Å². The van der Waals surface area contributed by atoms with Crippen molar-refractivity contribution in [3.8, 4) is 0 Å². The van der Waals surface area contributed by atoms with Crippen molar-refractivity contribution < 1.29 is 8.42 Å². The Kier molecular flexibility index (Phi) is 4.34. The topological polar surface area (TPSA) is 59.1 Å². The summed E-state index contributed by atoms with van der Waals surface area (Å²) in [4.78, 5) is 4.72. The highest BCUT2D eigenvalue weighted by Crippen LogP contribution is 2.11. The summed E-state index contributed by atoms with van der Waals surface area (Å²) < 4.78 is 22.6. The van der Waals surface area contributed by atoms with Crippen LogP contribution < -0.4 is 5.32 Å². The van der Waals surface area contributed by atoms with E-state index in [0.29, 0.717) is 11.4 Å². The Bertz CT molecular complexity index is 646. The highest BCUT2D eigenvalue weighted by Gasteiger charge is 2.06. The predicted molar refractivity (Wildman–Crippen MR) is 76.9 cm³/mol. The van der Waals surface area contributed by atoms with Crippen molar-refractivity contribution in [2.24, 2.45) is 0 Å². The second-order valence-corrected chi connectivity index (χ2v) is 7.36. The van der Waals surface area contributed by atoms with Crippen LogP contribution in [-0.4, -0.2) is 19.7 Å². The number of nitrogens with zero attached hydrogens (tertiary/aromatic N) is 1. The van der Waals surface area contributed by atoms with Gasteiger partial charge in [0.2, 0.25) is 0 Å². The molecule has 2 rings (SSSR count). The van der Waals surface area contributed by atoms with E-state index in [1.165, 1.54) is 6.26 Å². The van der Waals surface area contributed by atoms with Gasteiger partial charge in [0.05, 0.1) is 4.90 Å². The molecule has 0 unspecified atom stereocenters. The van der Waals surface area contributed by atoms with Crippen molar-refractivity contribution in [2.75, 3.05) is 6.26 Å². The van der Waals surface area contributed by atoms with Gasteiger partial charge in [-0.3, -0.25) is 0 Å². The molecule has 0 saturated heterocycles. The molecular formula is C13H16N2O2S2. The molecule has 0 bridgehead atoms. The lowest BCUT2D eigenvalue weighted by Gasteiger charge is -2.04. The zero-order chi connectivity index (χ0) is 13.9. The van der Waals surface area contributed by atoms with Crippen LogP contribution in [0.4, 0.5) is 0 Å². The van der Waals surface area contributed by atoms with Crippen LogP contribution >= 0.6 is 11.3 Å². The van der Waals surface area contributed by atoms with Gasteiger partial charge in [0, 0.05) is 30.4 Å². The predicted octanol–water partition coefficient (Wildman–Crippen LogP) is 2.14. The van der Waals surface area contributed by atoms with Crippen LogP contribution in [0.1, 0.15) is 16.3 Å². The van der Waals surface area contributed by atoms with Crippen molar-refractivity contribution in [3.05, 3.63) is 45.9 Å². The molecule has 1 aromatic carbocycles. The summed E-state index contributed by atoms with van der Waals surface area (Å²) in [6.07, 6.45) is 1.21. The third-order valence-electron chi connectivity index (χ3n) is 2.62. The van der Waals surface area contributed by atoms with Crippen LogP contribution in [0, 0.1) is 6.92 Å². The largest absolute Gasteiger partial charge is 0.306 e. The van der Waals surface area contributed by atoms with Crippen molar-refractivity contribution in [1.29, 1.82) is 0 Å². The number of nitrogens with one attached hydrogen (secondary N) is 1. The van der Waals surface area contributed by atoms with Crippen molar-refractivity contribution in [1.82, 2.24) is 10.3 Å². The van der Waals surface area contributed by atoms with Crippen molar-refractivity contribution in [3.63, 3.8) is 0 Å². The fourth-order valence-electron chi connectivity index (χ4n) is 1.65. The molecule has 0 saturated carbocycles. The molecule has 0 aliphatic carbocycles. The number of aryl methyl sites for hydroxylation is 1. The van der Waals surface area contributed by atoms with Crippen LogP contribution in [0.15, 0.2) is 34.5 Å². The molecular weight excluding hydrogens is 280 g/mol. The Balaban J connectivity index is 1.90. The van der Waals surface area contributed by atoms with E-state index in [1.54, 1.807) is 23.5 Å². The number of aromatic nitrogens is 1. The summed E-state index contributed by atoms with van der Waals surface area (Å²) in [5, 5.41) is 6.37. The molecule has 102 valence electrons. The van der Waals surface area contributed by atoms with E-state index in [9.17, 15) is 8.42 Å². The van der Waals surface area contributed by atoms with E-state index in [2.05, 4.69) is 10.3 Å². The van der Waals surface area contributed by atoms with Gasteiger partial charge in [-0.15, -0.1) is 11.3 Å². The second-order valence-electron chi connectivity index (χ2n) is 4.40. The summed E-state index contributed by atoms with van der Waals surface area (Å²) in [6.45, 7) is 3.40. The lowest BCUT2D eigenvalue weighted by molar-refractivity contribution is 0.602. The minimum Gasteiger partial charge on any atom is -0.306 e. The maximum atomic E-state index is 11.3. The molecule has 0 fully saturated rings. The summed E-state index contributed by atoms with van der Waals surface area (Å²) in [7, 11) is -3.11. The highest BCUT2D eigenvalue weighted by molar-refractivity contribution is 7.90. The van der Waals surface area contributed by atoms with Gasteiger partial charge in [-0.1, -0.05) is 12.1 Å². The van der Waals surface area contributed by atoms with Crippen LogP contribution in [-0.2, 0) is 22.9 Å². The molecule has 4 nitrogen and oxygen atoms in total. The number of rotatable bonds is 5. The van der Waals surface area contributed by atoms with Crippen molar-refractivity contribution in [2.45, 2.75) is 24.9 Å². The highest BCUT2D eigenvalue weighted by atomic mass is 32.2. The molecule has 1 aromatic heterocycles. The SMILES string of the molecule is Cc1csc(CNCc2ccc(S(C)(=O)=O)cc2)n1. The summed E-state index contributed by atoms with van der Waals surface area (Å²) >= 11 is 1.64. The quantitative estimate of drug-likeness (QED) is 0.918. The van der Waals surface area contributed by atoms with Gasteiger partial charge < -0.3 is 5.32 Å². The van der Waals surface area contributed by atoms with E-state index >= 15 is 0 Å². The fourth-order valence-corrected chi connectivity index (χ4v) is 3.02. The first-order chi connectivity index (χ1) is 8.95. The molecule has 0 aliphatic heterocycles. The molecule has 2 aromatic rings. The number of hydrogen-bond donors (Lipinski definition) is 1. The minimum absolute atomic E-state index is 0.354. The molecule has 0 atom stereocenters. The monoisotopic (exact) mass is 296 g/mol. The normalized spacial score (nSPS) is 11.7. The minimum atomic E-state index is -3.11. The Hall–Kier alpha value is -1.24. The third-order valence-corrected chi connectivity index (χ3v) is 4.72. The molecule has 0 amide bonds. The smallest absolute Gasteiger partial charge is 0.175 e. The first-order valence-electron chi connectivity index (χ1n) is 5.86. The van der Waals surface area contributed by atoms with Crippen LogP contribution in [0.5, 0.6) is 0 Å². The summed E-state index contributed by atoms with van der Waals surface area (Å²) in [6, 6.07) is 6.94. The van der Waals surface area contributed by atoms with E-state index in [4.69, 9.17) is 0 Å². The van der Waals surface area contributed by atoms with Crippen molar-refractivity contribution >= 4 is 21.2 Å². The molecule has 1 heterocycles. The molecule has 0 aliphatic rings. The standard InChI is InChI=1S/C13H16N2O2S2/c1-10-9-18-13(15-10)8-14-7-11-3-5-12(6-4-11)19(2,16)17/h3-6,9,14H,7-8H2,1-2H3. The molecule has 1 N–H and O–H groups in total. The van der Waals surface area contributed by atoms with Crippen LogP contribution in [0.25, 0.3) is 0 Å². The van der Waals surface area contributed by atoms with Gasteiger partial charge in [0.25, 0.3) is 0 Å². The molecule has 0 spiro atoms. The van der Waals surface area contributed by atoms with Gasteiger partial charge >= 0.3 is 0 Å². The average molecular weight is 296 g/mol. The van der Waals surface area contributed by atoms with E-state index in [1.807, 2.05) is 24.4 Å². The van der Waals surface area contributed by atoms with Gasteiger partial charge in [0.1, 0.15) is 5.01 Å². The summed E-state index contributed by atoms with van der Waals surface area (Å²) in [5.41, 5.74) is 2.10.